The quantitative estimate of drug-likeness (QED) is 0.413. The number of nitrogens with two attached hydrogens (primary N) is 2. The van der Waals surface area contributed by atoms with Crippen molar-refractivity contribution < 1.29 is 9.59 Å². The molecule has 1 fully saturated rings. The monoisotopic (exact) mass is 397 g/mol. The third kappa shape index (κ3) is 5.81. The van der Waals surface area contributed by atoms with Crippen molar-refractivity contribution >= 4 is 35.0 Å². The van der Waals surface area contributed by atoms with E-state index < -0.39 is 11.9 Å². The Balaban J connectivity index is 1.69. The number of nitrogens with zero attached hydrogens (tertiary/aromatic N) is 2. The van der Waals surface area contributed by atoms with Gasteiger partial charge in [0.05, 0.1) is 5.56 Å². The summed E-state index contributed by atoms with van der Waals surface area (Å²) in [7, 11) is 0. The molecule has 0 bridgehead atoms. The van der Waals surface area contributed by atoms with Gasteiger partial charge in [0.15, 0.2) is 0 Å². The van der Waals surface area contributed by atoms with Crippen LogP contribution in [-0.2, 0) is 4.79 Å². The molecule has 29 heavy (non-hydrogen) atoms. The summed E-state index contributed by atoms with van der Waals surface area (Å²) in [6, 6.07) is 7.28. The number of primary amides is 2. The van der Waals surface area contributed by atoms with Crippen molar-refractivity contribution in [2.24, 2.45) is 17.4 Å². The topological polar surface area (TPSA) is 148 Å². The average molecular weight is 397 g/mol. The van der Waals surface area contributed by atoms with E-state index in [2.05, 4.69) is 25.9 Å². The molecule has 1 aliphatic carbocycles. The molecule has 0 radical (unpaired) electrons. The van der Waals surface area contributed by atoms with Crippen molar-refractivity contribution in [1.29, 1.82) is 0 Å². The SMILES string of the molecule is CC(C)C[C@H](Nc1ccc(Nc2ncc(C(N)=O)c(NC3CC3)n2)cc1)C(N)=O. The zero-order chi connectivity index (χ0) is 21.0. The lowest BCUT2D eigenvalue weighted by Gasteiger charge is -2.19. The maximum absolute atomic E-state index is 11.6. The van der Waals surface area contributed by atoms with Gasteiger partial charge in [-0.3, -0.25) is 9.59 Å². The fourth-order valence-corrected chi connectivity index (χ4v) is 2.85. The van der Waals surface area contributed by atoms with E-state index in [9.17, 15) is 9.59 Å². The number of hydrogen-bond donors (Lipinski definition) is 5. The molecule has 7 N–H and O–H groups in total. The normalized spacial score (nSPS) is 14.3. The van der Waals surface area contributed by atoms with Crippen molar-refractivity contribution in [2.45, 2.75) is 45.2 Å². The van der Waals surface area contributed by atoms with Gasteiger partial charge in [-0.25, -0.2) is 4.98 Å². The summed E-state index contributed by atoms with van der Waals surface area (Å²) >= 11 is 0. The van der Waals surface area contributed by atoms with E-state index in [1.54, 1.807) is 0 Å². The van der Waals surface area contributed by atoms with Crippen LogP contribution in [0.3, 0.4) is 0 Å². The van der Waals surface area contributed by atoms with Gasteiger partial charge in [-0.15, -0.1) is 0 Å². The largest absolute Gasteiger partial charge is 0.374 e. The van der Waals surface area contributed by atoms with E-state index in [-0.39, 0.29) is 11.5 Å². The van der Waals surface area contributed by atoms with Crippen LogP contribution in [0.15, 0.2) is 30.5 Å². The third-order valence-corrected chi connectivity index (χ3v) is 4.50. The highest BCUT2D eigenvalue weighted by molar-refractivity contribution is 5.97. The number of benzene rings is 1. The first-order valence-corrected chi connectivity index (χ1v) is 9.68. The first-order chi connectivity index (χ1) is 13.8. The summed E-state index contributed by atoms with van der Waals surface area (Å²) < 4.78 is 0. The lowest BCUT2D eigenvalue weighted by Crippen LogP contribution is -2.36. The average Bonchev–Trinajstić information content (AvgIpc) is 3.46. The van der Waals surface area contributed by atoms with Crippen LogP contribution in [0.25, 0.3) is 0 Å². The van der Waals surface area contributed by atoms with Gasteiger partial charge in [-0.2, -0.15) is 4.98 Å². The van der Waals surface area contributed by atoms with Crippen LogP contribution in [0.4, 0.5) is 23.1 Å². The molecule has 0 aliphatic heterocycles. The van der Waals surface area contributed by atoms with Gasteiger partial charge < -0.3 is 27.4 Å². The van der Waals surface area contributed by atoms with Gasteiger partial charge >= 0.3 is 0 Å². The van der Waals surface area contributed by atoms with Crippen LogP contribution < -0.4 is 27.4 Å². The molecule has 1 atom stereocenters. The highest BCUT2D eigenvalue weighted by Crippen LogP contribution is 2.26. The summed E-state index contributed by atoms with van der Waals surface area (Å²) in [5.74, 6) is 0.197. The minimum absolute atomic E-state index is 0.268. The van der Waals surface area contributed by atoms with Crippen LogP contribution in [-0.4, -0.2) is 33.9 Å². The van der Waals surface area contributed by atoms with Gasteiger partial charge in [0.1, 0.15) is 11.9 Å². The molecule has 9 heteroatoms. The molecule has 0 spiro atoms. The van der Waals surface area contributed by atoms with Crippen LogP contribution in [0, 0.1) is 5.92 Å². The summed E-state index contributed by atoms with van der Waals surface area (Å²) in [5, 5.41) is 9.47. The minimum Gasteiger partial charge on any atom is -0.374 e. The molecule has 1 aliphatic rings. The Morgan fingerprint density at radius 1 is 1.14 bits per heavy atom. The Bertz CT molecular complexity index is 879. The smallest absolute Gasteiger partial charge is 0.254 e. The number of anilines is 4. The molecule has 0 saturated heterocycles. The van der Waals surface area contributed by atoms with E-state index in [1.807, 2.05) is 38.1 Å². The van der Waals surface area contributed by atoms with Crippen molar-refractivity contribution in [3.05, 3.63) is 36.0 Å². The van der Waals surface area contributed by atoms with Gasteiger partial charge in [0, 0.05) is 23.6 Å². The summed E-state index contributed by atoms with van der Waals surface area (Å²) in [5.41, 5.74) is 12.7. The highest BCUT2D eigenvalue weighted by atomic mass is 16.1. The first-order valence-electron chi connectivity index (χ1n) is 9.68. The molecule has 1 saturated carbocycles. The molecular weight excluding hydrogens is 370 g/mol. The van der Waals surface area contributed by atoms with Gasteiger partial charge in [0.25, 0.3) is 5.91 Å². The Hall–Kier alpha value is -3.36. The number of carbonyl (C=O) groups is 2. The number of rotatable bonds is 10. The molecular formula is C20H27N7O2. The van der Waals surface area contributed by atoms with E-state index in [1.165, 1.54) is 6.20 Å². The Kier molecular flexibility index (Phi) is 6.16. The molecule has 9 nitrogen and oxygen atoms in total. The molecule has 3 rings (SSSR count). The van der Waals surface area contributed by atoms with E-state index in [4.69, 9.17) is 11.5 Å². The molecule has 2 aromatic rings. The Morgan fingerprint density at radius 2 is 1.79 bits per heavy atom. The van der Waals surface area contributed by atoms with Crippen molar-refractivity contribution in [3.63, 3.8) is 0 Å². The number of aromatic nitrogens is 2. The predicted molar refractivity (Wildman–Crippen MR) is 113 cm³/mol. The molecule has 154 valence electrons. The third-order valence-electron chi connectivity index (χ3n) is 4.50. The zero-order valence-electron chi connectivity index (χ0n) is 16.6. The Morgan fingerprint density at radius 3 is 2.34 bits per heavy atom. The summed E-state index contributed by atoms with van der Waals surface area (Å²) in [6.07, 6.45) is 4.17. The lowest BCUT2D eigenvalue weighted by molar-refractivity contribution is -0.119. The second-order valence-electron chi connectivity index (χ2n) is 7.67. The lowest BCUT2D eigenvalue weighted by atomic mass is 10.0. The van der Waals surface area contributed by atoms with Gasteiger partial charge in [0.2, 0.25) is 11.9 Å². The zero-order valence-corrected chi connectivity index (χ0v) is 16.6. The molecule has 2 amide bonds. The van der Waals surface area contributed by atoms with Crippen LogP contribution >= 0.6 is 0 Å². The van der Waals surface area contributed by atoms with Gasteiger partial charge in [-0.1, -0.05) is 13.8 Å². The first kappa shape index (κ1) is 20.4. The van der Waals surface area contributed by atoms with Crippen LogP contribution in [0.2, 0.25) is 0 Å². The summed E-state index contributed by atoms with van der Waals surface area (Å²) in [6.45, 7) is 4.08. The number of amides is 2. The molecule has 0 unspecified atom stereocenters. The Labute approximate surface area is 169 Å². The molecule has 1 aromatic carbocycles. The fourth-order valence-electron chi connectivity index (χ4n) is 2.85. The number of hydrogen-bond acceptors (Lipinski definition) is 7. The molecule has 1 aromatic heterocycles. The second kappa shape index (κ2) is 8.76. The fraction of sp³-hybridized carbons (Fsp3) is 0.400. The van der Waals surface area contributed by atoms with Crippen molar-refractivity contribution in [1.82, 2.24) is 9.97 Å². The predicted octanol–water partition coefficient (Wildman–Crippen LogP) is 2.21. The second-order valence-corrected chi connectivity index (χ2v) is 7.67. The maximum atomic E-state index is 11.6. The van der Waals surface area contributed by atoms with Crippen molar-refractivity contribution in [3.8, 4) is 0 Å². The molecule has 1 heterocycles. The maximum Gasteiger partial charge on any atom is 0.254 e. The number of carbonyl (C=O) groups excluding carboxylic acids is 2. The van der Waals surface area contributed by atoms with E-state index >= 15 is 0 Å². The van der Waals surface area contributed by atoms with Crippen molar-refractivity contribution in [2.75, 3.05) is 16.0 Å². The number of nitrogens with one attached hydrogen (secondary N) is 3. The van der Waals surface area contributed by atoms with E-state index in [0.29, 0.717) is 30.1 Å². The highest BCUT2D eigenvalue weighted by Gasteiger charge is 2.24. The summed E-state index contributed by atoms with van der Waals surface area (Å²) in [4.78, 5) is 31.8. The van der Waals surface area contributed by atoms with Gasteiger partial charge in [-0.05, 0) is 49.4 Å². The van der Waals surface area contributed by atoms with Crippen LogP contribution in [0.1, 0.15) is 43.5 Å². The minimum atomic E-state index is -0.569. The standard InChI is InChI=1S/C20H27N7O2/c1-11(2)9-16(18(22)29)24-12-3-7-14(8-4-12)26-20-23-10-15(17(21)28)19(27-20)25-13-5-6-13/h3-4,7-8,10-11,13,16,24H,5-6,9H2,1-2H3,(H2,21,28)(H2,22,29)(H2,23,25,26,27)/t16-/m0/s1. The van der Waals surface area contributed by atoms with Crippen LogP contribution in [0.5, 0.6) is 0 Å². The van der Waals surface area contributed by atoms with E-state index in [0.717, 1.165) is 24.2 Å².